The normalized spacial score (nSPS) is 10.8. The Balaban J connectivity index is 0.00000288. The molecule has 0 bridgehead atoms. The molecule has 5 nitrogen and oxygen atoms in total. The molecule has 0 spiro atoms. The molecular weight excluding hydrogens is 415 g/mol. The summed E-state index contributed by atoms with van der Waals surface area (Å²) in [4.78, 5) is 10.6. The first-order valence-electron chi connectivity index (χ1n) is 7.58. The van der Waals surface area contributed by atoms with Crippen LogP contribution in [0.4, 0.5) is 0 Å². The number of guanidine groups is 1. The van der Waals surface area contributed by atoms with Crippen molar-refractivity contribution in [2.75, 3.05) is 21.2 Å². The third kappa shape index (κ3) is 5.99. The summed E-state index contributed by atoms with van der Waals surface area (Å²) in [5, 5.41) is 3.35. The summed E-state index contributed by atoms with van der Waals surface area (Å²) < 4.78 is 5.07. The molecule has 1 aromatic heterocycles. The summed E-state index contributed by atoms with van der Waals surface area (Å²) in [6.07, 6.45) is 1.80. The van der Waals surface area contributed by atoms with Crippen molar-refractivity contribution in [1.29, 1.82) is 0 Å². The van der Waals surface area contributed by atoms with Crippen molar-refractivity contribution in [2.24, 2.45) is 4.99 Å². The lowest BCUT2D eigenvalue weighted by Gasteiger charge is -2.22. The molecule has 130 valence electrons. The van der Waals surface area contributed by atoms with Crippen molar-refractivity contribution < 1.29 is 4.74 Å². The van der Waals surface area contributed by atoms with Gasteiger partial charge < -0.3 is 15.0 Å². The minimum Gasteiger partial charge on any atom is -0.481 e. The van der Waals surface area contributed by atoms with Crippen LogP contribution >= 0.6 is 24.0 Å². The highest BCUT2D eigenvalue weighted by molar-refractivity contribution is 14.0. The van der Waals surface area contributed by atoms with E-state index in [0.29, 0.717) is 12.4 Å². The summed E-state index contributed by atoms with van der Waals surface area (Å²) in [6.45, 7) is 3.57. The van der Waals surface area contributed by atoms with Crippen LogP contribution in [0.5, 0.6) is 5.88 Å². The second-order valence-electron chi connectivity index (χ2n) is 5.45. The molecule has 0 aliphatic carbocycles. The van der Waals surface area contributed by atoms with E-state index < -0.39 is 0 Å². The van der Waals surface area contributed by atoms with Gasteiger partial charge in [0.2, 0.25) is 5.88 Å². The second kappa shape index (κ2) is 10.1. The van der Waals surface area contributed by atoms with Crippen LogP contribution in [0.15, 0.2) is 47.6 Å². The van der Waals surface area contributed by atoms with E-state index in [-0.39, 0.29) is 24.0 Å². The number of nitrogens with zero attached hydrogens (tertiary/aromatic N) is 3. The number of methoxy groups -OCH3 is 1. The molecule has 0 unspecified atom stereocenters. The van der Waals surface area contributed by atoms with Crippen molar-refractivity contribution in [2.45, 2.75) is 20.0 Å². The lowest BCUT2D eigenvalue weighted by molar-refractivity contribution is 0.397. The fourth-order valence-corrected chi connectivity index (χ4v) is 2.24. The third-order valence-electron chi connectivity index (χ3n) is 3.57. The predicted octanol–water partition coefficient (Wildman–Crippen LogP) is 3.22. The van der Waals surface area contributed by atoms with Gasteiger partial charge in [-0.05, 0) is 18.1 Å². The molecule has 2 rings (SSSR count). The van der Waals surface area contributed by atoms with Crippen molar-refractivity contribution >= 4 is 29.9 Å². The first kappa shape index (κ1) is 20.2. The van der Waals surface area contributed by atoms with E-state index in [4.69, 9.17) is 4.74 Å². The van der Waals surface area contributed by atoms with Crippen molar-refractivity contribution in [1.82, 2.24) is 15.2 Å². The van der Waals surface area contributed by atoms with E-state index in [0.717, 1.165) is 18.1 Å². The lowest BCUT2D eigenvalue weighted by Crippen LogP contribution is -2.38. The first-order chi connectivity index (χ1) is 11.1. The van der Waals surface area contributed by atoms with E-state index >= 15 is 0 Å². The summed E-state index contributed by atoms with van der Waals surface area (Å²) in [5.41, 5.74) is 3.61. The number of aryl methyl sites for hydroxylation is 1. The monoisotopic (exact) mass is 440 g/mol. The fraction of sp³-hybridized carbons (Fsp3) is 0.333. The number of aliphatic imine (C=N–C) groups is 1. The molecular formula is C18H25IN4O. The topological polar surface area (TPSA) is 49.8 Å². The Morgan fingerprint density at radius 3 is 2.38 bits per heavy atom. The second-order valence-corrected chi connectivity index (χ2v) is 5.45. The molecule has 1 N–H and O–H groups in total. The number of ether oxygens (including phenoxy) is 1. The number of nitrogens with one attached hydrogen (secondary N) is 1. The number of hydrogen-bond donors (Lipinski definition) is 1. The molecule has 0 saturated carbocycles. The van der Waals surface area contributed by atoms with Gasteiger partial charge in [-0.25, -0.2) is 4.98 Å². The zero-order valence-corrected chi connectivity index (χ0v) is 16.9. The van der Waals surface area contributed by atoms with Gasteiger partial charge in [0.25, 0.3) is 0 Å². The lowest BCUT2D eigenvalue weighted by atomic mass is 10.1. The SMILES string of the molecule is CN=C(NCc1ccc(OC)nc1)N(C)Cc1ccc(C)cc1.I. The summed E-state index contributed by atoms with van der Waals surface area (Å²) in [7, 11) is 5.43. The van der Waals surface area contributed by atoms with Crippen molar-refractivity contribution in [3.63, 3.8) is 0 Å². The van der Waals surface area contributed by atoms with Crippen LogP contribution in [-0.2, 0) is 13.1 Å². The van der Waals surface area contributed by atoms with Gasteiger partial charge in [-0.3, -0.25) is 4.99 Å². The highest BCUT2D eigenvalue weighted by Gasteiger charge is 2.07. The van der Waals surface area contributed by atoms with Gasteiger partial charge >= 0.3 is 0 Å². The Bertz CT molecular complexity index is 641. The van der Waals surface area contributed by atoms with Gasteiger partial charge in [0.05, 0.1) is 7.11 Å². The quantitative estimate of drug-likeness (QED) is 0.441. The Morgan fingerprint density at radius 2 is 1.83 bits per heavy atom. The molecule has 0 amide bonds. The van der Waals surface area contributed by atoms with Gasteiger partial charge in [-0.2, -0.15) is 0 Å². The van der Waals surface area contributed by atoms with Crippen LogP contribution in [0.3, 0.4) is 0 Å². The predicted molar refractivity (Wildman–Crippen MR) is 109 cm³/mol. The number of halogens is 1. The molecule has 2 aromatic rings. The molecule has 0 saturated heterocycles. The maximum absolute atomic E-state index is 5.07. The number of rotatable bonds is 5. The Morgan fingerprint density at radius 1 is 1.17 bits per heavy atom. The molecule has 6 heteroatoms. The van der Waals surface area contributed by atoms with Gasteiger partial charge in [0.15, 0.2) is 5.96 Å². The summed E-state index contributed by atoms with van der Waals surface area (Å²) >= 11 is 0. The first-order valence-corrected chi connectivity index (χ1v) is 7.58. The maximum Gasteiger partial charge on any atom is 0.212 e. The molecule has 1 aromatic carbocycles. The van der Waals surface area contributed by atoms with Gasteiger partial charge in [-0.1, -0.05) is 35.9 Å². The van der Waals surface area contributed by atoms with Crippen LogP contribution in [-0.4, -0.2) is 37.0 Å². The van der Waals surface area contributed by atoms with E-state index in [1.807, 2.05) is 19.2 Å². The average molecular weight is 440 g/mol. The van der Waals surface area contributed by atoms with E-state index in [1.165, 1.54) is 11.1 Å². The van der Waals surface area contributed by atoms with Crippen LogP contribution < -0.4 is 10.1 Å². The van der Waals surface area contributed by atoms with Crippen molar-refractivity contribution in [3.8, 4) is 5.88 Å². The Kier molecular flexibility index (Phi) is 8.53. The highest BCUT2D eigenvalue weighted by atomic mass is 127. The van der Waals surface area contributed by atoms with E-state index in [9.17, 15) is 0 Å². The smallest absolute Gasteiger partial charge is 0.212 e. The molecule has 0 aliphatic heterocycles. The molecule has 0 atom stereocenters. The summed E-state index contributed by atoms with van der Waals surface area (Å²) in [5.74, 6) is 1.47. The van der Waals surface area contributed by atoms with E-state index in [2.05, 4.69) is 51.4 Å². The average Bonchev–Trinajstić information content (AvgIpc) is 2.58. The molecule has 0 fully saturated rings. The van der Waals surface area contributed by atoms with Crippen LogP contribution in [0.25, 0.3) is 0 Å². The van der Waals surface area contributed by atoms with Crippen LogP contribution in [0.1, 0.15) is 16.7 Å². The Hall–Kier alpha value is -1.83. The molecule has 24 heavy (non-hydrogen) atoms. The van der Waals surface area contributed by atoms with Crippen LogP contribution in [0, 0.1) is 6.92 Å². The van der Waals surface area contributed by atoms with Crippen LogP contribution in [0.2, 0.25) is 0 Å². The molecule has 0 aliphatic rings. The zero-order chi connectivity index (χ0) is 16.7. The fourth-order valence-electron chi connectivity index (χ4n) is 2.24. The number of hydrogen-bond acceptors (Lipinski definition) is 3. The largest absolute Gasteiger partial charge is 0.481 e. The minimum atomic E-state index is 0. The van der Waals surface area contributed by atoms with Gasteiger partial charge in [0, 0.05) is 39.4 Å². The number of benzene rings is 1. The number of aromatic nitrogens is 1. The molecule has 0 radical (unpaired) electrons. The van der Waals surface area contributed by atoms with E-state index in [1.54, 1.807) is 20.4 Å². The van der Waals surface area contributed by atoms with Gasteiger partial charge in [0.1, 0.15) is 0 Å². The standard InChI is InChI=1S/C18H24N4O.HI/c1-14-5-7-15(8-6-14)13-22(3)18(19-2)21-12-16-9-10-17(23-4)20-11-16;/h5-11H,12-13H2,1-4H3,(H,19,21);1H. The highest BCUT2D eigenvalue weighted by Crippen LogP contribution is 2.08. The molecule has 1 heterocycles. The van der Waals surface area contributed by atoms with Crippen molar-refractivity contribution in [3.05, 3.63) is 59.3 Å². The van der Waals surface area contributed by atoms with Gasteiger partial charge in [-0.15, -0.1) is 24.0 Å². The minimum absolute atomic E-state index is 0. The Labute approximate surface area is 161 Å². The maximum atomic E-state index is 5.07. The zero-order valence-electron chi connectivity index (χ0n) is 14.6. The summed E-state index contributed by atoms with van der Waals surface area (Å²) in [6, 6.07) is 12.4. The third-order valence-corrected chi connectivity index (χ3v) is 3.57. The number of pyridine rings is 1.